The molecular weight excluding hydrogens is 400 g/mol. The van der Waals surface area contributed by atoms with E-state index in [0.717, 1.165) is 5.56 Å². The molecule has 0 spiro atoms. The van der Waals surface area contributed by atoms with Gasteiger partial charge in [0.15, 0.2) is 8.32 Å². The van der Waals surface area contributed by atoms with Crippen LogP contribution in [0.15, 0.2) is 35.4 Å². The average Bonchev–Trinajstić information content (AvgIpc) is 3.03. The number of benzene rings is 1. The second-order valence-corrected chi connectivity index (χ2v) is 13.9. The Hall–Kier alpha value is -2.35. The molecule has 2 rings (SSSR count). The summed E-state index contributed by atoms with van der Waals surface area (Å²) in [7, 11) is -2.10. The molecule has 0 saturated carbocycles. The molecule has 1 aliphatic heterocycles. The van der Waals surface area contributed by atoms with Gasteiger partial charge in [0.05, 0.1) is 18.7 Å². The lowest BCUT2D eigenvalue weighted by molar-refractivity contribution is -0.129. The molecule has 0 aliphatic carbocycles. The van der Waals surface area contributed by atoms with Gasteiger partial charge in [-0.05, 0) is 42.1 Å². The van der Waals surface area contributed by atoms with Crippen LogP contribution in [0.4, 0.5) is 4.79 Å². The summed E-state index contributed by atoms with van der Waals surface area (Å²) in [4.78, 5) is 29.1. The standard InChI is InChI=1S/C21H32N4O4Si/c1-21(2,3)30(4,5)29-18(14-23-24-22)11-12-19(26)25-17(15-28-20(25)27)13-16-9-7-6-8-10-16/h6-10,17-18H,11-15H2,1-5H3/t17-,18?/m0/s1. The highest BCUT2D eigenvalue weighted by molar-refractivity contribution is 6.74. The number of amides is 2. The van der Waals surface area contributed by atoms with Gasteiger partial charge in [0, 0.05) is 11.3 Å². The minimum atomic E-state index is -2.10. The van der Waals surface area contributed by atoms with Crippen molar-refractivity contribution in [3.05, 3.63) is 46.3 Å². The number of imide groups is 1. The van der Waals surface area contributed by atoms with Gasteiger partial charge in [0.25, 0.3) is 0 Å². The van der Waals surface area contributed by atoms with Crippen LogP contribution in [0.3, 0.4) is 0 Å². The number of carbonyl (C=O) groups is 2. The van der Waals surface area contributed by atoms with Crippen molar-refractivity contribution in [3.8, 4) is 0 Å². The summed E-state index contributed by atoms with van der Waals surface area (Å²) in [5.74, 6) is -0.289. The zero-order valence-corrected chi connectivity index (χ0v) is 19.5. The van der Waals surface area contributed by atoms with E-state index in [-0.39, 0.29) is 42.7 Å². The maximum absolute atomic E-state index is 12.9. The quantitative estimate of drug-likeness (QED) is 0.235. The molecule has 1 unspecified atom stereocenters. The third-order valence-corrected chi connectivity index (χ3v) is 10.4. The van der Waals surface area contributed by atoms with E-state index in [2.05, 4.69) is 43.9 Å². The normalized spacial score (nSPS) is 18.0. The molecule has 164 valence electrons. The fraction of sp³-hybridized carbons (Fsp3) is 0.619. The lowest BCUT2D eigenvalue weighted by Gasteiger charge is -2.39. The number of carbonyl (C=O) groups excluding carboxylic acids is 2. The molecule has 2 atom stereocenters. The molecule has 1 aromatic carbocycles. The Kier molecular flexibility index (Phi) is 8.06. The molecule has 1 saturated heterocycles. The van der Waals surface area contributed by atoms with E-state index in [4.69, 9.17) is 14.7 Å². The zero-order chi connectivity index (χ0) is 22.4. The summed E-state index contributed by atoms with van der Waals surface area (Å²) >= 11 is 0. The predicted octanol–water partition coefficient (Wildman–Crippen LogP) is 5.06. The Balaban J connectivity index is 2.03. The number of azide groups is 1. The van der Waals surface area contributed by atoms with Gasteiger partial charge in [-0.2, -0.15) is 0 Å². The van der Waals surface area contributed by atoms with Crippen LogP contribution in [0.2, 0.25) is 18.1 Å². The van der Waals surface area contributed by atoms with Gasteiger partial charge in [-0.25, -0.2) is 9.69 Å². The largest absolute Gasteiger partial charge is 0.447 e. The first-order chi connectivity index (χ1) is 14.0. The lowest BCUT2D eigenvalue weighted by Crippen LogP contribution is -2.45. The topological polar surface area (TPSA) is 105 Å². The van der Waals surface area contributed by atoms with E-state index in [0.29, 0.717) is 12.8 Å². The maximum Gasteiger partial charge on any atom is 0.416 e. The number of rotatable bonds is 9. The molecule has 2 amide bonds. The van der Waals surface area contributed by atoms with Crippen molar-refractivity contribution in [2.24, 2.45) is 5.11 Å². The summed E-state index contributed by atoms with van der Waals surface area (Å²) in [5.41, 5.74) is 9.75. The minimum Gasteiger partial charge on any atom is -0.447 e. The van der Waals surface area contributed by atoms with Gasteiger partial charge in [-0.1, -0.05) is 56.2 Å². The molecule has 1 aliphatic rings. The zero-order valence-electron chi connectivity index (χ0n) is 18.5. The Morgan fingerprint density at radius 3 is 2.63 bits per heavy atom. The molecule has 1 heterocycles. The summed E-state index contributed by atoms with van der Waals surface area (Å²) in [6.45, 7) is 11.0. The number of hydrogen-bond donors (Lipinski definition) is 0. The third kappa shape index (κ3) is 6.32. The van der Waals surface area contributed by atoms with E-state index < -0.39 is 14.4 Å². The van der Waals surface area contributed by atoms with Crippen molar-refractivity contribution in [2.45, 2.75) is 70.3 Å². The Labute approximate surface area is 179 Å². The fourth-order valence-electron chi connectivity index (χ4n) is 3.12. The molecule has 0 N–H and O–H groups in total. The third-order valence-electron chi connectivity index (χ3n) is 5.84. The van der Waals surface area contributed by atoms with Gasteiger partial charge in [0.1, 0.15) is 6.61 Å². The molecule has 30 heavy (non-hydrogen) atoms. The number of nitrogens with zero attached hydrogens (tertiary/aromatic N) is 4. The van der Waals surface area contributed by atoms with Crippen LogP contribution in [0.5, 0.6) is 0 Å². The van der Waals surface area contributed by atoms with Crippen molar-refractivity contribution in [1.29, 1.82) is 0 Å². The van der Waals surface area contributed by atoms with E-state index in [1.165, 1.54) is 4.90 Å². The highest BCUT2D eigenvalue weighted by Gasteiger charge is 2.40. The highest BCUT2D eigenvalue weighted by Crippen LogP contribution is 2.37. The molecule has 0 aromatic heterocycles. The molecule has 0 radical (unpaired) electrons. The monoisotopic (exact) mass is 432 g/mol. The molecule has 8 nitrogen and oxygen atoms in total. The van der Waals surface area contributed by atoms with Crippen molar-refractivity contribution < 1.29 is 18.8 Å². The first-order valence-electron chi connectivity index (χ1n) is 10.3. The average molecular weight is 433 g/mol. The van der Waals surface area contributed by atoms with Crippen LogP contribution in [0, 0.1) is 0 Å². The highest BCUT2D eigenvalue weighted by atomic mass is 28.4. The number of cyclic esters (lactones) is 1. The second-order valence-electron chi connectivity index (χ2n) is 9.14. The van der Waals surface area contributed by atoms with Crippen LogP contribution >= 0.6 is 0 Å². The molecule has 0 bridgehead atoms. The summed E-state index contributed by atoms with van der Waals surface area (Å²) in [6, 6.07) is 9.40. The Bertz CT molecular complexity index is 788. The summed E-state index contributed by atoms with van der Waals surface area (Å²) in [6.07, 6.45) is 0.100. The van der Waals surface area contributed by atoms with Crippen LogP contribution in [-0.4, -0.2) is 50.5 Å². The van der Waals surface area contributed by atoms with Gasteiger partial charge in [-0.3, -0.25) is 4.79 Å². The van der Waals surface area contributed by atoms with E-state index in [9.17, 15) is 9.59 Å². The van der Waals surface area contributed by atoms with Crippen molar-refractivity contribution in [2.75, 3.05) is 13.2 Å². The van der Waals surface area contributed by atoms with E-state index >= 15 is 0 Å². The first-order valence-corrected chi connectivity index (χ1v) is 13.2. The Morgan fingerprint density at radius 1 is 1.37 bits per heavy atom. The van der Waals surface area contributed by atoms with Crippen LogP contribution < -0.4 is 0 Å². The van der Waals surface area contributed by atoms with Gasteiger partial charge < -0.3 is 9.16 Å². The van der Waals surface area contributed by atoms with Crippen molar-refractivity contribution >= 4 is 20.3 Å². The van der Waals surface area contributed by atoms with Crippen LogP contribution in [0.1, 0.15) is 39.2 Å². The Morgan fingerprint density at radius 2 is 2.03 bits per heavy atom. The van der Waals surface area contributed by atoms with Gasteiger partial charge in [0.2, 0.25) is 5.91 Å². The second kappa shape index (κ2) is 10.1. The molecular formula is C21H32N4O4Si. The predicted molar refractivity (Wildman–Crippen MR) is 117 cm³/mol. The van der Waals surface area contributed by atoms with Crippen LogP contribution in [0.25, 0.3) is 10.4 Å². The van der Waals surface area contributed by atoms with Crippen molar-refractivity contribution in [1.82, 2.24) is 4.90 Å². The van der Waals surface area contributed by atoms with E-state index in [1.54, 1.807) is 0 Å². The summed E-state index contributed by atoms with van der Waals surface area (Å²) < 4.78 is 11.5. The van der Waals surface area contributed by atoms with Crippen LogP contribution in [-0.2, 0) is 20.4 Å². The minimum absolute atomic E-state index is 0.00878. The van der Waals surface area contributed by atoms with Gasteiger partial charge >= 0.3 is 6.09 Å². The summed E-state index contributed by atoms with van der Waals surface area (Å²) in [5, 5.41) is 3.65. The number of hydrogen-bond acceptors (Lipinski definition) is 5. The molecule has 1 aromatic rings. The number of ether oxygens (including phenoxy) is 1. The molecule has 1 fully saturated rings. The van der Waals surface area contributed by atoms with Crippen molar-refractivity contribution in [3.63, 3.8) is 0 Å². The fourth-order valence-corrected chi connectivity index (χ4v) is 4.50. The molecule has 9 heteroatoms. The van der Waals surface area contributed by atoms with Gasteiger partial charge in [-0.15, -0.1) is 0 Å². The lowest BCUT2D eigenvalue weighted by atomic mass is 10.1. The SMILES string of the molecule is CC(C)(C)[Si](C)(C)OC(CCC(=O)N1C(=O)OC[C@@H]1Cc1ccccc1)CN=[N+]=[N-]. The maximum atomic E-state index is 12.9. The first kappa shape index (κ1) is 23.9. The smallest absolute Gasteiger partial charge is 0.416 e. The van der Waals surface area contributed by atoms with E-state index in [1.807, 2.05) is 30.3 Å².